The van der Waals surface area contributed by atoms with Crippen LogP contribution < -0.4 is 0 Å². The molecule has 4 nitrogen and oxygen atoms in total. The van der Waals surface area contributed by atoms with E-state index >= 15 is 0 Å². The number of aliphatic hydroxyl groups is 1. The lowest BCUT2D eigenvalue weighted by Gasteiger charge is -2.34. The summed E-state index contributed by atoms with van der Waals surface area (Å²) < 4.78 is 5.31. The molecule has 0 saturated carbocycles. The van der Waals surface area contributed by atoms with Crippen LogP contribution in [0.1, 0.15) is 10.4 Å². The molecule has 0 radical (unpaired) electrons. The van der Waals surface area contributed by atoms with Gasteiger partial charge in [0, 0.05) is 12.1 Å². The molecule has 4 heteroatoms. The highest BCUT2D eigenvalue weighted by atomic mass is 16.5. The monoisotopic (exact) mass is 271 g/mol. The maximum atomic E-state index is 12.6. The smallest absolute Gasteiger partial charge is 0.254 e. The van der Waals surface area contributed by atoms with Crippen LogP contribution in [-0.4, -0.2) is 48.3 Å². The standard InChI is InChI=1S/C16H17NO3/c18-10-15-11-20-8-7-17(15)16(19)14-6-5-12-3-1-2-4-13(12)9-14/h1-6,9,15,18H,7-8,10-11H2. The van der Waals surface area contributed by atoms with Crippen LogP contribution in [0.25, 0.3) is 10.8 Å². The summed E-state index contributed by atoms with van der Waals surface area (Å²) in [6.07, 6.45) is 0. The number of aliphatic hydroxyl groups excluding tert-OH is 1. The molecule has 1 aliphatic heterocycles. The molecule has 2 aromatic rings. The molecule has 0 bridgehead atoms. The van der Waals surface area contributed by atoms with Crippen molar-refractivity contribution in [1.82, 2.24) is 4.90 Å². The maximum absolute atomic E-state index is 12.6. The summed E-state index contributed by atoms with van der Waals surface area (Å²) in [7, 11) is 0. The van der Waals surface area contributed by atoms with Gasteiger partial charge in [0.15, 0.2) is 0 Å². The third-order valence-electron chi connectivity index (χ3n) is 3.70. The number of rotatable bonds is 2. The van der Waals surface area contributed by atoms with E-state index in [1.54, 1.807) is 4.90 Å². The van der Waals surface area contributed by atoms with E-state index in [1.807, 2.05) is 42.5 Å². The maximum Gasteiger partial charge on any atom is 0.254 e. The Kier molecular flexibility index (Phi) is 3.67. The number of carbonyl (C=O) groups is 1. The van der Waals surface area contributed by atoms with Gasteiger partial charge in [-0.25, -0.2) is 0 Å². The molecule has 1 amide bonds. The molecule has 1 atom stereocenters. The summed E-state index contributed by atoms with van der Waals surface area (Å²) in [5.41, 5.74) is 0.657. The normalized spacial score (nSPS) is 19.2. The highest BCUT2D eigenvalue weighted by molar-refractivity contribution is 5.98. The van der Waals surface area contributed by atoms with Gasteiger partial charge in [0.05, 0.1) is 25.9 Å². The fourth-order valence-corrected chi connectivity index (χ4v) is 2.56. The zero-order chi connectivity index (χ0) is 13.9. The fourth-order valence-electron chi connectivity index (χ4n) is 2.56. The summed E-state index contributed by atoms with van der Waals surface area (Å²) in [6, 6.07) is 13.4. The van der Waals surface area contributed by atoms with E-state index in [4.69, 9.17) is 4.74 Å². The molecule has 1 saturated heterocycles. The Bertz CT molecular complexity index is 626. The average molecular weight is 271 g/mol. The number of ether oxygens (including phenoxy) is 1. The zero-order valence-corrected chi connectivity index (χ0v) is 11.2. The van der Waals surface area contributed by atoms with Gasteiger partial charge in [0.25, 0.3) is 5.91 Å². The van der Waals surface area contributed by atoms with Gasteiger partial charge < -0.3 is 14.7 Å². The van der Waals surface area contributed by atoms with Gasteiger partial charge in [-0.05, 0) is 22.9 Å². The molecular formula is C16H17NO3. The molecule has 1 N–H and O–H groups in total. The number of morpholine rings is 1. The first-order chi connectivity index (χ1) is 9.79. The topological polar surface area (TPSA) is 49.8 Å². The first-order valence-electron chi connectivity index (χ1n) is 6.78. The van der Waals surface area contributed by atoms with E-state index in [0.717, 1.165) is 10.8 Å². The van der Waals surface area contributed by atoms with Crippen LogP contribution in [-0.2, 0) is 4.74 Å². The van der Waals surface area contributed by atoms with E-state index in [-0.39, 0.29) is 18.6 Å². The van der Waals surface area contributed by atoms with E-state index in [2.05, 4.69) is 0 Å². The van der Waals surface area contributed by atoms with E-state index < -0.39 is 0 Å². The molecule has 104 valence electrons. The minimum Gasteiger partial charge on any atom is -0.394 e. The predicted molar refractivity (Wildman–Crippen MR) is 76.7 cm³/mol. The Hall–Kier alpha value is -1.91. The lowest BCUT2D eigenvalue weighted by Crippen LogP contribution is -2.50. The molecule has 3 rings (SSSR count). The van der Waals surface area contributed by atoms with Crippen molar-refractivity contribution in [3.8, 4) is 0 Å². The van der Waals surface area contributed by atoms with Gasteiger partial charge in [-0.1, -0.05) is 30.3 Å². The molecular weight excluding hydrogens is 254 g/mol. The molecule has 0 spiro atoms. The summed E-state index contributed by atoms with van der Waals surface area (Å²) in [5.74, 6) is -0.0434. The van der Waals surface area contributed by atoms with Gasteiger partial charge >= 0.3 is 0 Å². The minimum atomic E-state index is -0.247. The Balaban J connectivity index is 1.91. The van der Waals surface area contributed by atoms with E-state index in [0.29, 0.717) is 25.3 Å². The highest BCUT2D eigenvalue weighted by Crippen LogP contribution is 2.18. The third-order valence-corrected chi connectivity index (χ3v) is 3.70. The second-order valence-corrected chi connectivity index (χ2v) is 4.97. The molecule has 1 heterocycles. The Morgan fingerprint density at radius 3 is 2.85 bits per heavy atom. The van der Waals surface area contributed by atoms with Gasteiger partial charge in [0.1, 0.15) is 0 Å². The van der Waals surface area contributed by atoms with Crippen LogP contribution in [0.15, 0.2) is 42.5 Å². The summed E-state index contributed by atoms with van der Waals surface area (Å²) >= 11 is 0. The van der Waals surface area contributed by atoms with Crippen LogP contribution in [0.5, 0.6) is 0 Å². The summed E-state index contributed by atoms with van der Waals surface area (Å²) in [6.45, 7) is 1.38. The molecule has 1 fully saturated rings. The molecule has 2 aromatic carbocycles. The fraction of sp³-hybridized carbons (Fsp3) is 0.312. The van der Waals surface area contributed by atoms with Crippen molar-refractivity contribution in [1.29, 1.82) is 0 Å². The van der Waals surface area contributed by atoms with Crippen molar-refractivity contribution >= 4 is 16.7 Å². The van der Waals surface area contributed by atoms with Crippen molar-refractivity contribution in [2.75, 3.05) is 26.4 Å². The van der Waals surface area contributed by atoms with Gasteiger partial charge in [-0.15, -0.1) is 0 Å². The minimum absolute atomic E-state index is 0.0434. The predicted octanol–water partition coefficient (Wildman–Crippen LogP) is 1.67. The van der Waals surface area contributed by atoms with Gasteiger partial charge in [-0.3, -0.25) is 4.79 Å². The van der Waals surface area contributed by atoms with E-state index in [9.17, 15) is 9.90 Å². The van der Waals surface area contributed by atoms with Crippen LogP contribution >= 0.6 is 0 Å². The molecule has 1 aliphatic rings. The van der Waals surface area contributed by atoms with Crippen LogP contribution in [0.4, 0.5) is 0 Å². The Morgan fingerprint density at radius 2 is 2.05 bits per heavy atom. The zero-order valence-electron chi connectivity index (χ0n) is 11.2. The first kappa shape index (κ1) is 13.1. The van der Waals surface area contributed by atoms with Gasteiger partial charge in [-0.2, -0.15) is 0 Å². The van der Waals surface area contributed by atoms with E-state index in [1.165, 1.54) is 0 Å². The van der Waals surface area contributed by atoms with Crippen LogP contribution in [0.3, 0.4) is 0 Å². The molecule has 0 aromatic heterocycles. The SMILES string of the molecule is O=C(c1ccc2ccccc2c1)N1CCOCC1CO. The number of hydrogen-bond acceptors (Lipinski definition) is 3. The average Bonchev–Trinajstić information content (AvgIpc) is 2.53. The van der Waals surface area contributed by atoms with Gasteiger partial charge in [0.2, 0.25) is 0 Å². The van der Waals surface area contributed by atoms with Crippen molar-refractivity contribution < 1.29 is 14.6 Å². The summed E-state index contributed by atoms with van der Waals surface area (Å²) in [4.78, 5) is 14.3. The Morgan fingerprint density at radius 1 is 1.25 bits per heavy atom. The lowest BCUT2D eigenvalue weighted by atomic mass is 10.1. The van der Waals surface area contributed by atoms with Crippen molar-refractivity contribution in [3.63, 3.8) is 0 Å². The summed E-state index contributed by atoms with van der Waals surface area (Å²) in [5, 5.41) is 11.5. The Labute approximate surface area is 117 Å². The second-order valence-electron chi connectivity index (χ2n) is 4.97. The molecule has 1 unspecified atom stereocenters. The number of fused-ring (bicyclic) bond motifs is 1. The lowest BCUT2D eigenvalue weighted by molar-refractivity contribution is -0.0183. The quantitative estimate of drug-likeness (QED) is 0.904. The third kappa shape index (κ3) is 2.40. The second kappa shape index (κ2) is 5.61. The van der Waals surface area contributed by atoms with Crippen molar-refractivity contribution in [3.05, 3.63) is 48.0 Å². The number of benzene rings is 2. The molecule has 20 heavy (non-hydrogen) atoms. The largest absolute Gasteiger partial charge is 0.394 e. The van der Waals surface area contributed by atoms with Crippen LogP contribution in [0.2, 0.25) is 0 Å². The molecule has 0 aliphatic carbocycles. The first-order valence-corrected chi connectivity index (χ1v) is 6.78. The number of carbonyl (C=O) groups excluding carboxylic acids is 1. The van der Waals surface area contributed by atoms with Crippen LogP contribution in [0, 0.1) is 0 Å². The number of amides is 1. The highest BCUT2D eigenvalue weighted by Gasteiger charge is 2.27. The van der Waals surface area contributed by atoms with Crippen molar-refractivity contribution in [2.45, 2.75) is 6.04 Å². The number of hydrogen-bond donors (Lipinski definition) is 1. The van der Waals surface area contributed by atoms with Crippen molar-refractivity contribution in [2.24, 2.45) is 0 Å². The number of nitrogens with zero attached hydrogens (tertiary/aromatic N) is 1.